The highest BCUT2D eigenvalue weighted by molar-refractivity contribution is 7.76. The van der Waals surface area contributed by atoms with Gasteiger partial charge < -0.3 is 0 Å². The largest absolute Gasteiger partial charge is 0.301 e. The molecule has 0 aliphatic carbocycles. The van der Waals surface area contributed by atoms with Crippen LogP contribution in [0, 0.1) is 0 Å². The molecule has 7 rings (SSSR count). The Labute approximate surface area is 235 Å². The summed E-state index contributed by atoms with van der Waals surface area (Å²) >= 11 is 0. The molecule has 0 atom stereocenters. The molecule has 6 aromatic rings. The van der Waals surface area contributed by atoms with E-state index in [0.717, 1.165) is 50.3 Å². The summed E-state index contributed by atoms with van der Waals surface area (Å²) < 4.78 is 20.0. The lowest BCUT2D eigenvalue weighted by molar-refractivity contribution is 0.582. The predicted molar refractivity (Wildman–Crippen MR) is 168 cm³/mol. The Morgan fingerprint density at radius 1 is 0.375 bits per heavy atom. The van der Waals surface area contributed by atoms with E-state index in [0.29, 0.717) is 0 Å². The third kappa shape index (κ3) is 4.04. The number of hydrogen-bond donors (Lipinski definition) is 0. The molecule has 0 bridgehead atoms. The molecule has 0 saturated carbocycles. The topological polar surface area (TPSA) is 23.6 Å². The normalized spacial score (nSPS) is 13.7. The van der Waals surface area contributed by atoms with Crippen LogP contribution in [0.5, 0.6) is 0 Å². The molecular weight excluding hydrogens is 507 g/mol. The Kier molecular flexibility index (Phi) is 6.07. The quantitative estimate of drug-likeness (QED) is 0.206. The van der Waals surface area contributed by atoms with Crippen molar-refractivity contribution in [1.82, 2.24) is 0 Å². The van der Waals surface area contributed by atoms with Gasteiger partial charge in [0.05, 0.1) is 28.1 Å². The molecular formula is C36H27N2OP. The molecule has 3 nitrogen and oxygen atoms in total. The lowest BCUT2D eigenvalue weighted by Gasteiger charge is -2.33. The van der Waals surface area contributed by atoms with Gasteiger partial charge in [-0.1, -0.05) is 115 Å². The number of para-hydroxylation sites is 2. The summed E-state index contributed by atoms with van der Waals surface area (Å²) in [4.78, 5) is 0. The summed E-state index contributed by atoms with van der Waals surface area (Å²) in [6.45, 7) is 0. The molecule has 1 aliphatic heterocycles. The number of nitrogens with zero attached hydrogens (tertiary/aromatic N) is 2. The lowest BCUT2D eigenvalue weighted by Crippen LogP contribution is -2.26. The number of hydrogen-bond acceptors (Lipinski definition) is 1. The minimum Gasteiger partial charge on any atom is -0.270 e. The summed E-state index contributed by atoms with van der Waals surface area (Å²) in [6.07, 6.45) is 0. The van der Waals surface area contributed by atoms with Crippen molar-refractivity contribution in [1.29, 1.82) is 0 Å². The molecule has 0 aromatic heterocycles. The molecule has 6 aromatic carbocycles. The van der Waals surface area contributed by atoms with Crippen molar-refractivity contribution in [3.8, 4) is 22.3 Å². The van der Waals surface area contributed by atoms with Gasteiger partial charge >= 0.3 is 7.44 Å². The zero-order chi connectivity index (χ0) is 26.9. The van der Waals surface area contributed by atoms with Crippen molar-refractivity contribution in [2.24, 2.45) is 0 Å². The second kappa shape index (κ2) is 10.0. The van der Waals surface area contributed by atoms with E-state index < -0.39 is 7.44 Å². The van der Waals surface area contributed by atoms with Crippen LogP contribution in [-0.4, -0.2) is 0 Å². The lowest BCUT2D eigenvalue weighted by atomic mass is 10.0. The summed E-state index contributed by atoms with van der Waals surface area (Å²) in [5, 5.41) is 0.779. The third-order valence-electron chi connectivity index (χ3n) is 7.37. The molecule has 4 heteroatoms. The fraction of sp³-hybridized carbons (Fsp3) is 0. The molecule has 0 saturated heterocycles. The zero-order valence-electron chi connectivity index (χ0n) is 21.8. The van der Waals surface area contributed by atoms with E-state index in [1.54, 1.807) is 0 Å². The van der Waals surface area contributed by atoms with Crippen molar-refractivity contribution in [3.05, 3.63) is 164 Å². The highest BCUT2D eigenvalue weighted by Gasteiger charge is 2.48. The molecule has 0 unspecified atom stereocenters. The molecule has 1 heterocycles. The average Bonchev–Trinajstić information content (AvgIpc) is 3.31. The first-order valence-electron chi connectivity index (χ1n) is 13.4. The van der Waals surface area contributed by atoms with Crippen LogP contribution < -0.4 is 14.6 Å². The molecule has 192 valence electrons. The van der Waals surface area contributed by atoms with Crippen molar-refractivity contribution in [2.75, 3.05) is 9.34 Å². The highest BCUT2D eigenvalue weighted by atomic mass is 31.2. The Morgan fingerprint density at radius 2 is 0.750 bits per heavy atom. The average molecular weight is 535 g/mol. The molecule has 0 N–H and O–H groups in total. The van der Waals surface area contributed by atoms with E-state index in [2.05, 4.69) is 82.1 Å². The van der Waals surface area contributed by atoms with E-state index in [-0.39, 0.29) is 0 Å². The first kappa shape index (κ1) is 24.2. The monoisotopic (exact) mass is 534 g/mol. The van der Waals surface area contributed by atoms with Crippen LogP contribution in [-0.2, 0) is 4.57 Å². The van der Waals surface area contributed by atoms with Gasteiger partial charge in [-0.05, 0) is 70.8 Å². The Hall–Kier alpha value is -4.85. The van der Waals surface area contributed by atoms with Crippen LogP contribution in [0.15, 0.2) is 164 Å². The summed E-state index contributed by atoms with van der Waals surface area (Å²) in [6, 6.07) is 55.4. The van der Waals surface area contributed by atoms with Crippen LogP contribution in [0.2, 0.25) is 0 Å². The summed E-state index contributed by atoms with van der Waals surface area (Å²) in [7, 11) is -3.42. The molecule has 0 amide bonds. The van der Waals surface area contributed by atoms with Gasteiger partial charge in [0.25, 0.3) is 0 Å². The van der Waals surface area contributed by atoms with Crippen LogP contribution in [0.25, 0.3) is 22.3 Å². The second-order valence-corrected chi connectivity index (χ2v) is 12.2. The van der Waals surface area contributed by atoms with Crippen LogP contribution in [0.3, 0.4) is 0 Å². The minimum atomic E-state index is -3.42. The number of rotatable bonds is 5. The molecule has 0 spiro atoms. The first-order chi connectivity index (χ1) is 19.7. The highest BCUT2D eigenvalue weighted by Crippen LogP contribution is 2.70. The standard InChI is InChI=1S/C36H27N2OP/c39-40(34-22-8-3-9-23-34)37(32-20-12-18-30(26-32)28-14-4-1-5-15-28)35-24-10-11-25-36(35)38(40)33-21-13-19-31(27-33)29-16-6-2-7-17-29/h1-27H. The van der Waals surface area contributed by atoms with Crippen LogP contribution in [0.1, 0.15) is 0 Å². The van der Waals surface area contributed by atoms with Gasteiger partial charge in [0.15, 0.2) is 0 Å². The minimum absolute atomic E-state index is 0.779. The summed E-state index contributed by atoms with van der Waals surface area (Å²) in [5.41, 5.74) is 8.04. The summed E-state index contributed by atoms with van der Waals surface area (Å²) in [5.74, 6) is 0. The maximum Gasteiger partial charge on any atom is 0.301 e. The van der Waals surface area contributed by atoms with Crippen LogP contribution in [0.4, 0.5) is 22.7 Å². The van der Waals surface area contributed by atoms with Crippen molar-refractivity contribution < 1.29 is 4.57 Å². The Bertz CT molecular complexity index is 1720. The van der Waals surface area contributed by atoms with Crippen LogP contribution >= 0.6 is 7.44 Å². The number of fused-ring (bicyclic) bond motifs is 1. The van der Waals surface area contributed by atoms with Gasteiger partial charge in [0.2, 0.25) is 0 Å². The fourth-order valence-electron chi connectivity index (χ4n) is 5.54. The van der Waals surface area contributed by atoms with Gasteiger partial charge in [-0.3, -0.25) is 13.9 Å². The maximum absolute atomic E-state index is 15.9. The molecule has 0 fully saturated rings. The van der Waals surface area contributed by atoms with Gasteiger partial charge in [0.1, 0.15) is 0 Å². The SMILES string of the molecule is O=P1(c2ccccc2)N(c2cccc(-c3ccccc3)c2)c2ccccc2N1c1cccc(-c2ccccc2)c1. The maximum atomic E-state index is 15.9. The zero-order valence-corrected chi connectivity index (χ0v) is 22.7. The smallest absolute Gasteiger partial charge is 0.270 e. The van der Waals surface area contributed by atoms with E-state index in [1.165, 1.54) is 0 Å². The fourth-order valence-corrected chi connectivity index (χ4v) is 8.54. The van der Waals surface area contributed by atoms with E-state index in [4.69, 9.17) is 0 Å². The number of benzene rings is 6. The molecule has 40 heavy (non-hydrogen) atoms. The van der Waals surface area contributed by atoms with E-state index in [1.807, 2.05) is 91.0 Å². The Balaban J connectivity index is 1.46. The van der Waals surface area contributed by atoms with E-state index >= 15 is 4.57 Å². The Morgan fingerprint density at radius 3 is 1.20 bits per heavy atom. The van der Waals surface area contributed by atoms with Crippen molar-refractivity contribution in [3.63, 3.8) is 0 Å². The van der Waals surface area contributed by atoms with Gasteiger partial charge in [-0.2, -0.15) is 0 Å². The molecule has 1 aliphatic rings. The third-order valence-corrected chi connectivity index (χ3v) is 10.3. The molecule has 0 radical (unpaired) electrons. The van der Waals surface area contributed by atoms with E-state index in [9.17, 15) is 0 Å². The van der Waals surface area contributed by atoms with Crippen molar-refractivity contribution in [2.45, 2.75) is 0 Å². The van der Waals surface area contributed by atoms with Gasteiger partial charge in [-0.25, -0.2) is 0 Å². The predicted octanol–water partition coefficient (Wildman–Crippen LogP) is 9.83. The first-order valence-corrected chi connectivity index (χ1v) is 15.0. The number of anilines is 4. The van der Waals surface area contributed by atoms with Gasteiger partial charge in [-0.15, -0.1) is 0 Å². The van der Waals surface area contributed by atoms with Gasteiger partial charge in [0, 0.05) is 0 Å². The second-order valence-electron chi connectivity index (χ2n) is 9.82. The van der Waals surface area contributed by atoms with Crippen molar-refractivity contribution >= 4 is 35.5 Å².